The van der Waals surface area contributed by atoms with E-state index in [-0.39, 0.29) is 40.0 Å². The summed E-state index contributed by atoms with van der Waals surface area (Å²) in [6.45, 7) is 1.20. The van der Waals surface area contributed by atoms with Crippen LogP contribution in [0.15, 0.2) is 53.8 Å². The number of nitrogens with zero attached hydrogens (tertiary/aromatic N) is 5. The second-order valence-electron chi connectivity index (χ2n) is 7.60. The summed E-state index contributed by atoms with van der Waals surface area (Å²) in [4.78, 5) is 28.5. The Bertz CT molecular complexity index is 1430. The molecule has 182 valence electrons. The minimum atomic E-state index is -4.67. The molecule has 4 rings (SSSR count). The number of hydrogen-bond acceptors (Lipinski definition) is 6. The third-order valence-electron chi connectivity index (χ3n) is 5.19. The average molecular weight is 495 g/mol. The Hall–Kier alpha value is -3.87. The van der Waals surface area contributed by atoms with Crippen molar-refractivity contribution < 1.29 is 31.4 Å². The van der Waals surface area contributed by atoms with E-state index < -0.39 is 35.3 Å². The third-order valence-corrected chi connectivity index (χ3v) is 5.19. The zero-order chi connectivity index (χ0) is 25.5. The Morgan fingerprint density at radius 1 is 0.914 bits per heavy atom. The van der Waals surface area contributed by atoms with Crippen molar-refractivity contribution >= 4 is 10.9 Å². The summed E-state index contributed by atoms with van der Waals surface area (Å²) in [6.07, 6.45) is -6.31. The molecule has 4 aromatic heterocycles. The molecule has 0 saturated heterocycles. The number of halogens is 6. The standard InChI is InChI=1S/C22H15F6N5O2/c1-11(9-34)33-10-31-19-14(20(33)35)6-15(12-2-4-16(29-7-12)21(23,24)25)32-18(19)13-3-5-17(30-8-13)22(26,27)28/h2-8,10-11,34H,9H2,1H3. The minimum Gasteiger partial charge on any atom is -0.394 e. The zero-order valence-corrected chi connectivity index (χ0v) is 17.8. The molecule has 35 heavy (non-hydrogen) atoms. The number of aliphatic hydroxyl groups excluding tert-OH is 1. The summed E-state index contributed by atoms with van der Waals surface area (Å²) in [5.41, 5.74) is -2.53. The van der Waals surface area contributed by atoms with Gasteiger partial charge in [0.25, 0.3) is 5.56 Å². The normalized spacial score (nSPS) is 13.3. The molecule has 0 fully saturated rings. The molecular formula is C22H15F6N5O2. The van der Waals surface area contributed by atoms with Gasteiger partial charge in [-0.1, -0.05) is 0 Å². The molecule has 0 bridgehead atoms. The highest BCUT2D eigenvalue weighted by molar-refractivity contribution is 5.93. The molecule has 0 aliphatic carbocycles. The van der Waals surface area contributed by atoms with Crippen molar-refractivity contribution in [3.63, 3.8) is 0 Å². The number of aromatic nitrogens is 5. The molecule has 0 amide bonds. The van der Waals surface area contributed by atoms with Gasteiger partial charge in [0, 0.05) is 23.5 Å². The van der Waals surface area contributed by atoms with E-state index in [4.69, 9.17) is 0 Å². The lowest BCUT2D eigenvalue weighted by molar-refractivity contribution is -0.141. The first-order valence-electron chi connectivity index (χ1n) is 10.00. The largest absolute Gasteiger partial charge is 0.433 e. The second-order valence-corrected chi connectivity index (χ2v) is 7.60. The molecule has 1 atom stereocenters. The number of rotatable bonds is 4. The lowest BCUT2D eigenvalue weighted by atomic mass is 10.1. The van der Waals surface area contributed by atoms with Gasteiger partial charge in [-0.05, 0) is 37.3 Å². The molecule has 0 radical (unpaired) electrons. The minimum absolute atomic E-state index is 0.000441. The van der Waals surface area contributed by atoms with Crippen molar-refractivity contribution in [2.24, 2.45) is 0 Å². The Morgan fingerprint density at radius 3 is 1.97 bits per heavy atom. The highest BCUT2D eigenvalue weighted by atomic mass is 19.4. The van der Waals surface area contributed by atoms with Gasteiger partial charge in [-0.15, -0.1) is 0 Å². The summed E-state index contributed by atoms with van der Waals surface area (Å²) >= 11 is 0. The van der Waals surface area contributed by atoms with E-state index in [1.54, 1.807) is 6.92 Å². The maximum atomic E-state index is 13.1. The first kappa shape index (κ1) is 24.3. The van der Waals surface area contributed by atoms with Crippen molar-refractivity contribution in [3.05, 3.63) is 70.8 Å². The Morgan fingerprint density at radius 2 is 1.49 bits per heavy atom. The topological polar surface area (TPSA) is 93.8 Å². The molecule has 4 aromatic rings. The molecule has 0 aliphatic heterocycles. The van der Waals surface area contributed by atoms with Crippen LogP contribution in [0.2, 0.25) is 0 Å². The lowest BCUT2D eigenvalue weighted by Crippen LogP contribution is -2.26. The van der Waals surface area contributed by atoms with E-state index in [2.05, 4.69) is 19.9 Å². The molecule has 0 aromatic carbocycles. The maximum Gasteiger partial charge on any atom is 0.433 e. The number of hydrogen-bond donors (Lipinski definition) is 1. The lowest BCUT2D eigenvalue weighted by Gasteiger charge is -2.15. The van der Waals surface area contributed by atoms with Crippen LogP contribution in [0.5, 0.6) is 0 Å². The van der Waals surface area contributed by atoms with E-state index in [1.165, 1.54) is 12.4 Å². The third kappa shape index (κ3) is 4.71. The van der Waals surface area contributed by atoms with Gasteiger partial charge in [-0.3, -0.25) is 19.3 Å². The highest BCUT2D eigenvalue weighted by Crippen LogP contribution is 2.33. The van der Waals surface area contributed by atoms with Crippen LogP contribution in [0.25, 0.3) is 33.4 Å². The molecule has 13 heteroatoms. The smallest absolute Gasteiger partial charge is 0.394 e. The molecule has 0 spiro atoms. The van der Waals surface area contributed by atoms with Crippen molar-refractivity contribution in [3.8, 4) is 22.5 Å². The monoisotopic (exact) mass is 495 g/mol. The van der Waals surface area contributed by atoms with Crippen LogP contribution < -0.4 is 5.56 Å². The second kappa shape index (κ2) is 8.73. The van der Waals surface area contributed by atoms with E-state index in [1.807, 2.05) is 0 Å². The van der Waals surface area contributed by atoms with Gasteiger partial charge < -0.3 is 5.11 Å². The fraction of sp³-hybridized carbons (Fsp3) is 0.227. The molecule has 0 aliphatic rings. The number of pyridine rings is 3. The fourth-order valence-corrected chi connectivity index (χ4v) is 3.31. The molecule has 7 nitrogen and oxygen atoms in total. The molecule has 0 saturated carbocycles. The van der Waals surface area contributed by atoms with Crippen LogP contribution in [0.1, 0.15) is 24.4 Å². The van der Waals surface area contributed by atoms with Gasteiger partial charge >= 0.3 is 12.4 Å². The predicted molar refractivity (Wildman–Crippen MR) is 112 cm³/mol. The van der Waals surface area contributed by atoms with Crippen molar-refractivity contribution in [2.75, 3.05) is 6.61 Å². The van der Waals surface area contributed by atoms with E-state index in [9.17, 15) is 36.2 Å². The van der Waals surface area contributed by atoms with Crippen LogP contribution in [0.3, 0.4) is 0 Å². The van der Waals surface area contributed by atoms with E-state index in [0.29, 0.717) is 0 Å². The Balaban J connectivity index is 1.96. The van der Waals surface area contributed by atoms with Gasteiger partial charge in [0.2, 0.25) is 0 Å². The van der Waals surface area contributed by atoms with Crippen LogP contribution >= 0.6 is 0 Å². The summed E-state index contributed by atoms with van der Waals surface area (Å²) in [6, 6.07) is 4.37. The van der Waals surface area contributed by atoms with Crippen molar-refractivity contribution in [1.29, 1.82) is 0 Å². The first-order valence-corrected chi connectivity index (χ1v) is 10.00. The van der Waals surface area contributed by atoms with Gasteiger partial charge in [0.15, 0.2) is 0 Å². The number of aliphatic hydroxyl groups is 1. The maximum absolute atomic E-state index is 13.1. The van der Waals surface area contributed by atoms with Gasteiger partial charge in [0.05, 0.1) is 35.8 Å². The first-order chi connectivity index (χ1) is 16.4. The van der Waals surface area contributed by atoms with E-state index in [0.717, 1.165) is 41.2 Å². The van der Waals surface area contributed by atoms with Gasteiger partial charge in [-0.2, -0.15) is 26.3 Å². The molecule has 4 heterocycles. The average Bonchev–Trinajstić information content (AvgIpc) is 2.82. The van der Waals surface area contributed by atoms with Gasteiger partial charge in [-0.25, -0.2) is 9.97 Å². The summed E-state index contributed by atoms with van der Waals surface area (Å²) < 4.78 is 78.7. The summed E-state index contributed by atoms with van der Waals surface area (Å²) in [7, 11) is 0. The quantitative estimate of drug-likeness (QED) is 0.419. The Kier molecular flexibility index (Phi) is 6.05. The van der Waals surface area contributed by atoms with Crippen molar-refractivity contribution in [1.82, 2.24) is 24.5 Å². The van der Waals surface area contributed by atoms with E-state index >= 15 is 0 Å². The van der Waals surface area contributed by atoms with Crippen molar-refractivity contribution in [2.45, 2.75) is 25.3 Å². The summed E-state index contributed by atoms with van der Waals surface area (Å²) in [5, 5.41) is 9.43. The zero-order valence-electron chi connectivity index (χ0n) is 17.8. The molecule has 1 unspecified atom stereocenters. The van der Waals surface area contributed by atoms with Crippen LogP contribution in [0, 0.1) is 0 Å². The SMILES string of the molecule is CC(CO)n1cnc2c(-c3ccc(C(F)(F)F)nc3)nc(-c3ccc(C(F)(F)F)nc3)cc2c1=O. The molecular weight excluding hydrogens is 480 g/mol. The number of alkyl halides is 6. The van der Waals surface area contributed by atoms with Crippen LogP contribution in [0.4, 0.5) is 26.3 Å². The predicted octanol–water partition coefficient (Wildman–Crippen LogP) is 4.51. The van der Waals surface area contributed by atoms with Crippen LogP contribution in [-0.4, -0.2) is 36.2 Å². The number of fused-ring (bicyclic) bond motifs is 1. The van der Waals surface area contributed by atoms with Gasteiger partial charge in [0.1, 0.15) is 16.9 Å². The highest BCUT2D eigenvalue weighted by Gasteiger charge is 2.33. The molecule has 1 N–H and O–H groups in total. The Labute approximate surface area is 192 Å². The summed E-state index contributed by atoms with van der Waals surface area (Å²) in [5.74, 6) is 0. The fourth-order valence-electron chi connectivity index (χ4n) is 3.31. The van der Waals surface area contributed by atoms with Crippen LogP contribution in [-0.2, 0) is 12.4 Å².